The molecule has 1 atom stereocenters. The van der Waals surface area contributed by atoms with Crippen LogP contribution in [0.4, 0.5) is 4.39 Å². The number of ether oxygens (including phenoxy) is 1. The molecule has 1 unspecified atom stereocenters. The maximum Gasteiger partial charge on any atom is 0.279 e. The number of benzene rings is 2. The number of amides is 1. The van der Waals surface area contributed by atoms with Gasteiger partial charge >= 0.3 is 0 Å². The summed E-state index contributed by atoms with van der Waals surface area (Å²) >= 11 is 0. The molecule has 0 fully saturated rings. The summed E-state index contributed by atoms with van der Waals surface area (Å²) < 4.78 is 18.9. The van der Waals surface area contributed by atoms with Crippen molar-refractivity contribution in [1.29, 1.82) is 0 Å². The largest absolute Gasteiger partial charge is 0.476 e. The van der Waals surface area contributed by atoms with Gasteiger partial charge in [-0.1, -0.05) is 30.3 Å². The van der Waals surface area contributed by atoms with E-state index in [9.17, 15) is 14.0 Å². The van der Waals surface area contributed by atoms with E-state index in [2.05, 4.69) is 0 Å². The van der Waals surface area contributed by atoms with Gasteiger partial charge in [0, 0.05) is 17.2 Å². The first-order chi connectivity index (χ1) is 10.1. The Balaban J connectivity index is 2.33. The van der Waals surface area contributed by atoms with Gasteiger partial charge in [0.1, 0.15) is 17.9 Å². The lowest BCUT2D eigenvalue weighted by atomic mass is 10.1. The van der Waals surface area contributed by atoms with Crippen LogP contribution in [0.5, 0.6) is 5.75 Å². The molecule has 21 heavy (non-hydrogen) atoms. The van der Waals surface area contributed by atoms with Gasteiger partial charge in [-0.25, -0.2) is 10.2 Å². The number of hydrogen-bond acceptors (Lipinski definition) is 4. The molecular weight excluding hydrogens is 275 g/mol. The monoisotopic (exact) mass is 288 g/mol. The molecule has 0 heterocycles. The van der Waals surface area contributed by atoms with E-state index in [0.29, 0.717) is 11.8 Å². The fraction of sp³-hybridized carbons (Fsp3) is 0.0667. The maximum absolute atomic E-state index is 13.4. The van der Waals surface area contributed by atoms with Crippen LogP contribution in [-0.4, -0.2) is 12.2 Å². The second-order valence-electron chi connectivity index (χ2n) is 4.26. The van der Waals surface area contributed by atoms with Crippen molar-refractivity contribution < 1.29 is 18.7 Å². The lowest BCUT2D eigenvalue weighted by Gasteiger charge is -2.18. The zero-order chi connectivity index (χ0) is 15.2. The molecule has 0 aliphatic heterocycles. The van der Waals surface area contributed by atoms with Crippen LogP contribution in [0.25, 0.3) is 0 Å². The van der Waals surface area contributed by atoms with Crippen LogP contribution in [0.3, 0.4) is 0 Å². The number of nitrogens with two attached hydrogens (primary N) is 1. The highest BCUT2D eigenvalue weighted by atomic mass is 19.1. The van der Waals surface area contributed by atoms with Gasteiger partial charge in [0.05, 0.1) is 0 Å². The highest BCUT2D eigenvalue weighted by Gasteiger charge is 2.22. The van der Waals surface area contributed by atoms with Gasteiger partial charge in [0.25, 0.3) is 5.91 Å². The number of nitrogens with one attached hydrogen (secondary N) is 1. The Morgan fingerprint density at radius 3 is 2.57 bits per heavy atom. The summed E-state index contributed by atoms with van der Waals surface area (Å²) in [6.45, 7) is 0. The molecule has 0 aliphatic rings. The van der Waals surface area contributed by atoms with E-state index in [0.717, 1.165) is 12.1 Å². The average molecular weight is 288 g/mol. The zero-order valence-corrected chi connectivity index (χ0v) is 11.0. The molecule has 0 bridgehead atoms. The van der Waals surface area contributed by atoms with E-state index in [1.165, 1.54) is 6.07 Å². The molecule has 0 radical (unpaired) electrons. The third-order valence-electron chi connectivity index (χ3n) is 2.77. The molecule has 2 rings (SSSR count). The lowest BCUT2D eigenvalue weighted by molar-refractivity contribution is -0.128. The minimum atomic E-state index is -1.04. The van der Waals surface area contributed by atoms with Crippen LogP contribution < -0.4 is 16.0 Å². The molecule has 3 N–H and O–H groups in total. The summed E-state index contributed by atoms with van der Waals surface area (Å²) in [6, 6.07) is 12.1. The SMILES string of the molecule is NNC(=O)C(Oc1cc(F)cc(C=O)c1)c1ccccc1. The predicted octanol–water partition coefficient (Wildman–Crippen LogP) is 1.75. The number of carbonyl (C=O) groups is 2. The topological polar surface area (TPSA) is 81.4 Å². The molecule has 2 aromatic rings. The Labute approximate surface area is 120 Å². The van der Waals surface area contributed by atoms with Gasteiger partial charge in [-0.3, -0.25) is 15.0 Å². The van der Waals surface area contributed by atoms with Crippen LogP contribution in [0.1, 0.15) is 22.0 Å². The highest BCUT2D eigenvalue weighted by molar-refractivity contribution is 5.82. The quantitative estimate of drug-likeness (QED) is 0.380. The van der Waals surface area contributed by atoms with Crippen molar-refractivity contribution in [1.82, 2.24) is 5.43 Å². The Hall–Kier alpha value is -2.73. The summed E-state index contributed by atoms with van der Waals surface area (Å²) in [5.41, 5.74) is 2.67. The first-order valence-electron chi connectivity index (χ1n) is 6.12. The first-order valence-corrected chi connectivity index (χ1v) is 6.12. The van der Waals surface area contributed by atoms with Crippen molar-refractivity contribution in [2.75, 3.05) is 0 Å². The van der Waals surface area contributed by atoms with Crippen LogP contribution in [0, 0.1) is 5.82 Å². The highest BCUT2D eigenvalue weighted by Crippen LogP contribution is 2.24. The van der Waals surface area contributed by atoms with Crippen LogP contribution in [0.15, 0.2) is 48.5 Å². The Morgan fingerprint density at radius 2 is 1.95 bits per heavy atom. The Bertz CT molecular complexity index is 647. The maximum atomic E-state index is 13.4. The van der Waals surface area contributed by atoms with Crippen LogP contribution in [-0.2, 0) is 4.79 Å². The second-order valence-corrected chi connectivity index (χ2v) is 4.26. The third-order valence-corrected chi connectivity index (χ3v) is 2.77. The molecule has 1 amide bonds. The van der Waals surface area contributed by atoms with E-state index < -0.39 is 17.8 Å². The van der Waals surface area contributed by atoms with E-state index in [1.807, 2.05) is 5.43 Å². The first kappa shape index (κ1) is 14.7. The van der Waals surface area contributed by atoms with Gasteiger partial charge < -0.3 is 4.74 Å². The number of hydrazine groups is 1. The molecule has 0 aliphatic carbocycles. The molecule has 108 valence electrons. The van der Waals surface area contributed by atoms with Crippen molar-refractivity contribution in [2.45, 2.75) is 6.10 Å². The summed E-state index contributed by atoms with van der Waals surface area (Å²) in [5, 5.41) is 0. The zero-order valence-electron chi connectivity index (χ0n) is 11.0. The number of rotatable bonds is 5. The summed E-state index contributed by atoms with van der Waals surface area (Å²) in [7, 11) is 0. The smallest absolute Gasteiger partial charge is 0.279 e. The van der Waals surface area contributed by atoms with Crippen molar-refractivity contribution in [2.24, 2.45) is 5.84 Å². The minimum Gasteiger partial charge on any atom is -0.476 e. The summed E-state index contributed by atoms with van der Waals surface area (Å²) in [4.78, 5) is 22.6. The van der Waals surface area contributed by atoms with Gasteiger partial charge in [0.15, 0.2) is 0 Å². The Morgan fingerprint density at radius 1 is 1.24 bits per heavy atom. The number of halogens is 1. The van der Waals surface area contributed by atoms with Gasteiger partial charge in [-0.05, 0) is 12.1 Å². The molecule has 0 saturated heterocycles. The van der Waals surface area contributed by atoms with Gasteiger partial charge in [-0.2, -0.15) is 0 Å². The molecule has 0 saturated carbocycles. The van der Waals surface area contributed by atoms with Crippen LogP contribution >= 0.6 is 0 Å². The molecule has 2 aromatic carbocycles. The second kappa shape index (κ2) is 6.62. The van der Waals surface area contributed by atoms with E-state index in [-0.39, 0.29) is 11.3 Å². The van der Waals surface area contributed by atoms with Crippen LogP contribution in [0.2, 0.25) is 0 Å². The van der Waals surface area contributed by atoms with Gasteiger partial charge in [0.2, 0.25) is 6.10 Å². The number of hydrogen-bond donors (Lipinski definition) is 2. The average Bonchev–Trinajstić information content (AvgIpc) is 2.52. The normalized spacial score (nSPS) is 11.5. The lowest BCUT2D eigenvalue weighted by Crippen LogP contribution is -2.37. The summed E-state index contributed by atoms with van der Waals surface area (Å²) in [6.07, 6.45) is -0.547. The molecule has 0 spiro atoms. The van der Waals surface area contributed by atoms with Gasteiger partial charge in [-0.15, -0.1) is 0 Å². The van der Waals surface area contributed by atoms with Crippen molar-refractivity contribution in [3.05, 3.63) is 65.5 Å². The number of aldehydes is 1. The van der Waals surface area contributed by atoms with E-state index >= 15 is 0 Å². The molecule has 6 heteroatoms. The van der Waals surface area contributed by atoms with E-state index in [1.54, 1.807) is 30.3 Å². The third kappa shape index (κ3) is 3.64. The standard InChI is InChI=1S/C15H13FN2O3/c16-12-6-10(9-19)7-13(8-12)21-14(15(20)18-17)11-4-2-1-3-5-11/h1-9,14H,17H2,(H,18,20). The number of carbonyl (C=O) groups excluding carboxylic acids is 2. The van der Waals surface area contributed by atoms with Crippen molar-refractivity contribution in [3.63, 3.8) is 0 Å². The van der Waals surface area contributed by atoms with Crippen molar-refractivity contribution >= 4 is 12.2 Å². The summed E-state index contributed by atoms with van der Waals surface area (Å²) in [5.74, 6) is 3.99. The fourth-order valence-electron chi connectivity index (χ4n) is 1.83. The minimum absolute atomic E-state index is 0.0644. The Kier molecular flexibility index (Phi) is 4.63. The van der Waals surface area contributed by atoms with E-state index in [4.69, 9.17) is 10.6 Å². The molecular formula is C15H13FN2O3. The van der Waals surface area contributed by atoms with Crippen molar-refractivity contribution in [3.8, 4) is 5.75 Å². The predicted molar refractivity (Wildman–Crippen MR) is 73.9 cm³/mol. The molecule has 0 aromatic heterocycles. The fourth-order valence-corrected chi connectivity index (χ4v) is 1.83. The molecule has 5 nitrogen and oxygen atoms in total.